The number of rotatable bonds is 5. The summed E-state index contributed by atoms with van der Waals surface area (Å²) in [6.07, 6.45) is 11.2. The summed E-state index contributed by atoms with van der Waals surface area (Å²) in [5, 5.41) is 2.85. The van der Waals surface area contributed by atoms with Gasteiger partial charge in [0.05, 0.1) is 11.9 Å². The third-order valence-electron chi connectivity index (χ3n) is 3.81. The summed E-state index contributed by atoms with van der Waals surface area (Å²) in [6.45, 7) is 0. The highest BCUT2D eigenvalue weighted by Gasteiger charge is 2.13. The third-order valence-corrected chi connectivity index (χ3v) is 3.81. The van der Waals surface area contributed by atoms with E-state index in [1.165, 1.54) is 38.5 Å². The molecule has 0 aliphatic heterocycles. The lowest BCUT2D eigenvalue weighted by molar-refractivity contribution is -0.116. The number of pyridine rings is 1. The predicted octanol–water partition coefficient (Wildman–Crippen LogP) is 3.77. The molecule has 1 fully saturated rings. The first kappa shape index (κ1) is 16.8. The van der Waals surface area contributed by atoms with Gasteiger partial charge in [0.1, 0.15) is 5.82 Å². The van der Waals surface area contributed by atoms with Gasteiger partial charge in [-0.05, 0) is 30.9 Å². The van der Waals surface area contributed by atoms with E-state index in [9.17, 15) is 4.79 Å². The van der Waals surface area contributed by atoms with Gasteiger partial charge in [-0.2, -0.15) is 0 Å². The number of nitrogen functional groups attached to an aromatic ring is 1. The van der Waals surface area contributed by atoms with E-state index >= 15 is 0 Å². The van der Waals surface area contributed by atoms with Crippen molar-refractivity contribution in [2.45, 2.75) is 51.4 Å². The van der Waals surface area contributed by atoms with E-state index in [1.54, 1.807) is 18.3 Å². The Labute approximate surface area is 126 Å². The molecule has 20 heavy (non-hydrogen) atoms. The van der Waals surface area contributed by atoms with Gasteiger partial charge < -0.3 is 11.1 Å². The largest absolute Gasteiger partial charge is 0.384 e. The minimum absolute atomic E-state index is 0. The van der Waals surface area contributed by atoms with Crippen molar-refractivity contribution in [2.24, 2.45) is 5.92 Å². The lowest BCUT2D eigenvalue weighted by atomic mass is 9.86. The standard InChI is InChI=1S/C15H23N3O.ClH/c16-14-10-9-13(11-17-14)18-15(19)8-4-7-12-5-2-1-3-6-12;/h9-12H,1-8H2,(H2,16,17)(H,18,19);1H. The lowest BCUT2D eigenvalue weighted by Crippen LogP contribution is -2.13. The zero-order valence-corrected chi connectivity index (χ0v) is 12.6. The Balaban J connectivity index is 0.00000200. The normalized spacial score (nSPS) is 15.4. The molecule has 1 aliphatic carbocycles. The molecule has 1 aromatic rings. The van der Waals surface area contributed by atoms with Crippen LogP contribution in [0, 0.1) is 5.92 Å². The van der Waals surface area contributed by atoms with Crippen molar-refractivity contribution < 1.29 is 4.79 Å². The third kappa shape index (κ3) is 5.78. The number of halogens is 1. The van der Waals surface area contributed by atoms with E-state index in [-0.39, 0.29) is 18.3 Å². The average molecular weight is 298 g/mol. The molecular formula is C15H24ClN3O. The Morgan fingerprint density at radius 3 is 2.70 bits per heavy atom. The lowest BCUT2D eigenvalue weighted by Gasteiger charge is -2.21. The second-order valence-electron chi connectivity index (χ2n) is 5.42. The molecule has 0 unspecified atom stereocenters. The number of carbonyl (C=O) groups is 1. The summed E-state index contributed by atoms with van der Waals surface area (Å²) in [7, 11) is 0. The molecule has 3 N–H and O–H groups in total. The van der Waals surface area contributed by atoms with Crippen LogP contribution in [0.1, 0.15) is 51.4 Å². The summed E-state index contributed by atoms with van der Waals surface area (Å²) in [6, 6.07) is 3.47. The fourth-order valence-corrected chi connectivity index (χ4v) is 2.73. The zero-order valence-electron chi connectivity index (χ0n) is 11.8. The van der Waals surface area contributed by atoms with E-state index < -0.39 is 0 Å². The Hall–Kier alpha value is -1.29. The highest BCUT2D eigenvalue weighted by atomic mass is 35.5. The number of anilines is 2. The maximum absolute atomic E-state index is 11.8. The van der Waals surface area contributed by atoms with Crippen LogP contribution in [0.4, 0.5) is 11.5 Å². The van der Waals surface area contributed by atoms with Crippen LogP contribution in [0.3, 0.4) is 0 Å². The second kappa shape index (κ2) is 8.80. The number of amides is 1. The molecule has 0 spiro atoms. The highest BCUT2D eigenvalue weighted by Crippen LogP contribution is 2.27. The van der Waals surface area contributed by atoms with Gasteiger partial charge in [-0.15, -0.1) is 12.4 Å². The quantitative estimate of drug-likeness (QED) is 0.869. The Bertz CT molecular complexity index is 402. The Morgan fingerprint density at radius 1 is 1.30 bits per heavy atom. The van der Waals surface area contributed by atoms with Gasteiger partial charge in [-0.1, -0.05) is 32.1 Å². The van der Waals surface area contributed by atoms with E-state index in [0.29, 0.717) is 12.2 Å². The van der Waals surface area contributed by atoms with Crippen LogP contribution in [0.25, 0.3) is 0 Å². The minimum atomic E-state index is 0. The molecule has 0 radical (unpaired) electrons. The summed E-state index contributed by atoms with van der Waals surface area (Å²) in [4.78, 5) is 15.7. The molecule has 0 saturated heterocycles. The monoisotopic (exact) mass is 297 g/mol. The number of nitrogens with zero attached hydrogens (tertiary/aromatic N) is 1. The topological polar surface area (TPSA) is 68.0 Å². The van der Waals surface area contributed by atoms with Crippen molar-refractivity contribution in [1.29, 1.82) is 0 Å². The van der Waals surface area contributed by atoms with Crippen LogP contribution in [0.5, 0.6) is 0 Å². The van der Waals surface area contributed by atoms with Gasteiger partial charge in [-0.25, -0.2) is 4.98 Å². The smallest absolute Gasteiger partial charge is 0.224 e. The van der Waals surface area contributed by atoms with Gasteiger partial charge in [0.15, 0.2) is 0 Å². The van der Waals surface area contributed by atoms with Crippen molar-refractivity contribution in [3.05, 3.63) is 18.3 Å². The fraction of sp³-hybridized carbons (Fsp3) is 0.600. The molecule has 1 amide bonds. The summed E-state index contributed by atoms with van der Waals surface area (Å²) < 4.78 is 0. The van der Waals surface area contributed by atoms with E-state index in [0.717, 1.165) is 18.0 Å². The Kier molecular flexibility index (Phi) is 7.37. The number of hydrogen-bond acceptors (Lipinski definition) is 3. The molecule has 1 aliphatic rings. The number of hydrogen-bond donors (Lipinski definition) is 2. The van der Waals surface area contributed by atoms with Gasteiger partial charge in [0.25, 0.3) is 0 Å². The minimum Gasteiger partial charge on any atom is -0.384 e. The molecule has 0 atom stereocenters. The predicted molar refractivity (Wildman–Crippen MR) is 85.0 cm³/mol. The van der Waals surface area contributed by atoms with Gasteiger partial charge in [-0.3, -0.25) is 4.79 Å². The van der Waals surface area contributed by atoms with Gasteiger partial charge in [0, 0.05) is 6.42 Å². The molecule has 1 saturated carbocycles. The first-order chi connectivity index (χ1) is 9.24. The number of nitrogens with two attached hydrogens (primary N) is 1. The van der Waals surface area contributed by atoms with Crippen LogP contribution in [-0.2, 0) is 4.79 Å². The van der Waals surface area contributed by atoms with Crippen molar-refractivity contribution in [1.82, 2.24) is 4.98 Å². The zero-order chi connectivity index (χ0) is 13.5. The first-order valence-corrected chi connectivity index (χ1v) is 7.25. The van der Waals surface area contributed by atoms with Crippen molar-refractivity contribution >= 4 is 29.8 Å². The fourth-order valence-electron chi connectivity index (χ4n) is 2.73. The van der Waals surface area contributed by atoms with Crippen LogP contribution in [0.2, 0.25) is 0 Å². The second-order valence-corrected chi connectivity index (χ2v) is 5.42. The molecule has 2 rings (SSSR count). The molecule has 0 bridgehead atoms. The van der Waals surface area contributed by atoms with Crippen LogP contribution in [-0.4, -0.2) is 10.9 Å². The summed E-state index contributed by atoms with van der Waals surface area (Å²) in [5.74, 6) is 1.39. The molecule has 1 heterocycles. The SMILES string of the molecule is Cl.Nc1ccc(NC(=O)CCCC2CCCCC2)cn1. The van der Waals surface area contributed by atoms with Gasteiger partial charge >= 0.3 is 0 Å². The van der Waals surface area contributed by atoms with Crippen molar-refractivity contribution in [3.8, 4) is 0 Å². The molecule has 112 valence electrons. The number of aromatic nitrogens is 1. The number of nitrogens with one attached hydrogen (secondary N) is 1. The molecule has 4 nitrogen and oxygen atoms in total. The van der Waals surface area contributed by atoms with Crippen molar-refractivity contribution in [2.75, 3.05) is 11.1 Å². The van der Waals surface area contributed by atoms with Gasteiger partial charge in [0.2, 0.25) is 5.91 Å². The van der Waals surface area contributed by atoms with Crippen LogP contribution >= 0.6 is 12.4 Å². The van der Waals surface area contributed by atoms with Crippen LogP contribution in [0.15, 0.2) is 18.3 Å². The molecule has 0 aromatic carbocycles. The van der Waals surface area contributed by atoms with Crippen molar-refractivity contribution in [3.63, 3.8) is 0 Å². The summed E-state index contributed by atoms with van der Waals surface area (Å²) in [5.41, 5.74) is 6.22. The maximum Gasteiger partial charge on any atom is 0.224 e. The molecular weight excluding hydrogens is 274 g/mol. The van der Waals surface area contributed by atoms with E-state index in [1.807, 2.05) is 0 Å². The maximum atomic E-state index is 11.8. The average Bonchev–Trinajstić information content (AvgIpc) is 2.43. The first-order valence-electron chi connectivity index (χ1n) is 7.25. The molecule has 1 aromatic heterocycles. The van der Waals surface area contributed by atoms with E-state index in [4.69, 9.17) is 5.73 Å². The van der Waals surface area contributed by atoms with Crippen LogP contribution < -0.4 is 11.1 Å². The van der Waals surface area contributed by atoms with E-state index in [2.05, 4.69) is 10.3 Å². The Morgan fingerprint density at radius 2 is 2.05 bits per heavy atom. The number of carbonyl (C=O) groups excluding carboxylic acids is 1. The summed E-state index contributed by atoms with van der Waals surface area (Å²) >= 11 is 0. The highest BCUT2D eigenvalue weighted by molar-refractivity contribution is 5.90. The molecule has 5 heteroatoms.